The zero-order chi connectivity index (χ0) is 15.5. The highest BCUT2D eigenvalue weighted by atomic mass is 19.3. The maximum absolute atomic E-state index is 12.3. The molecule has 0 saturated carbocycles. The molecule has 21 heavy (non-hydrogen) atoms. The second kappa shape index (κ2) is 9.94. The number of hydrogen-bond acceptors (Lipinski definition) is 4. The summed E-state index contributed by atoms with van der Waals surface area (Å²) >= 11 is 0. The van der Waals surface area contributed by atoms with Gasteiger partial charge in [-0.3, -0.25) is 0 Å². The minimum Gasteiger partial charge on any atom is -0.490 e. The van der Waals surface area contributed by atoms with E-state index < -0.39 is 6.61 Å². The maximum atomic E-state index is 12.3. The van der Waals surface area contributed by atoms with Crippen molar-refractivity contribution in [1.82, 2.24) is 5.32 Å². The molecule has 0 aromatic heterocycles. The normalized spacial score (nSPS) is 10.4. The van der Waals surface area contributed by atoms with Crippen molar-refractivity contribution in [3.8, 4) is 17.6 Å². The Morgan fingerprint density at radius 2 is 2.10 bits per heavy atom. The summed E-state index contributed by atoms with van der Waals surface area (Å²) in [6.45, 7) is 0.715. The van der Waals surface area contributed by atoms with Gasteiger partial charge in [-0.2, -0.15) is 14.0 Å². The average Bonchev–Trinajstić information content (AvgIpc) is 2.45. The van der Waals surface area contributed by atoms with E-state index in [4.69, 9.17) is 10.00 Å². The molecular formula is C15H20F2N2O2. The van der Waals surface area contributed by atoms with Crippen LogP contribution in [-0.2, 0) is 6.54 Å². The molecule has 0 atom stereocenters. The van der Waals surface area contributed by atoms with E-state index in [0.717, 1.165) is 24.9 Å². The van der Waals surface area contributed by atoms with Gasteiger partial charge in [0.25, 0.3) is 0 Å². The second-order valence-corrected chi connectivity index (χ2v) is 4.38. The van der Waals surface area contributed by atoms with Crippen molar-refractivity contribution < 1.29 is 18.3 Å². The Hall–Kier alpha value is -1.87. The van der Waals surface area contributed by atoms with E-state index in [1.165, 1.54) is 6.07 Å². The zero-order valence-corrected chi connectivity index (χ0v) is 12.1. The van der Waals surface area contributed by atoms with Gasteiger partial charge in [0.1, 0.15) is 0 Å². The smallest absolute Gasteiger partial charge is 0.387 e. The Morgan fingerprint density at radius 1 is 1.29 bits per heavy atom. The van der Waals surface area contributed by atoms with Crippen molar-refractivity contribution in [2.75, 3.05) is 13.2 Å². The Labute approximate surface area is 123 Å². The quantitative estimate of drug-likeness (QED) is 0.672. The van der Waals surface area contributed by atoms with E-state index in [-0.39, 0.29) is 5.75 Å². The maximum Gasteiger partial charge on any atom is 0.387 e. The van der Waals surface area contributed by atoms with Crippen LogP contribution in [0.3, 0.4) is 0 Å². The molecule has 1 rings (SSSR count). The molecule has 116 valence electrons. The van der Waals surface area contributed by atoms with Gasteiger partial charge in [0.15, 0.2) is 11.5 Å². The van der Waals surface area contributed by atoms with Gasteiger partial charge in [0.05, 0.1) is 12.7 Å². The summed E-state index contributed by atoms with van der Waals surface area (Å²) in [4.78, 5) is 0. The van der Waals surface area contributed by atoms with Gasteiger partial charge in [-0.15, -0.1) is 0 Å². The molecule has 0 saturated heterocycles. The third-order valence-electron chi connectivity index (χ3n) is 2.75. The van der Waals surface area contributed by atoms with Gasteiger partial charge in [-0.1, -0.05) is 6.07 Å². The highest BCUT2D eigenvalue weighted by molar-refractivity contribution is 5.43. The van der Waals surface area contributed by atoms with Crippen molar-refractivity contribution in [3.05, 3.63) is 23.8 Å². The van der Waals surface area contributed by atoms with E-state index in [1.54, 1.807) is 19.1 Å². The highest BCUT2D eigenvalue weighted by Crippen LogP contribution is 2.29. The highest BCUT2D eigenvalue weighted by Gasteiger charge is 2.11. The van der Waals surface area contributed by atoms with E-state index in [1.807, 2.05) is 0 Å². The third kappa shape index (κ3) is 6.91. The topological polar surface area (TPSA) is 54.3 Å². The van der Waals surface area contributed by atoms with E-state index in [9.17, 15) is 8.78 Å². The standard InChI is InChI=1S/C15H20F2N2O2/c1-2-20-14-10-12(6-7-13(14)21-15(16)17)11-19-9-5-3-4-8-18/h6-7,10,15,19H,2-5,9,11H2,1H3. The molecule has 1 aromatic carbocycles. The number of nitriles is 1. The van der Waals surface area contributed by atoms with Crippen LogP contribution in [0.1, 0.15) is 31.7 Å². The van der Waals surface area contributed by atoms with Crippen LogP contribution in [0.15, 0.2) is 18.2 Å². The Balaban J connectivity index is 2.51. The first kappa shape index (κ1) is 17.2. The summed E-state index contributed by atoms with van der Waals surface area (Å²) in [6.07, 6.45) is 2.36. The molecule has 0 fully saturated rings. The number of unbranched alkanes of at least 4 members (excludes halogenated alkanes) is 2. The molecule has 0 aliphatic heterocycles. The fourth-order valence-electron chi connectivity index (χ4n) is 1.81. The molecule has 0 spiro atoms. The van der Waals surface area contributed by atoms with Crippen LogP contribution in [0.5, 0.6) is 11.5 Å². The number of benzene rings is 1. The molecular weight excluding hydrogens is 278 g/mol. The number of hydrogen-bond donors (Lipinski definition) is 1. The predicted octanol–water partition coefficient (Wildman–Crippen LogP) is 3.47. The lowest BCUT2D eigenvalue weighted by Crippen LogP contribution is -2.15. The van der Waals surface area contributed by atoms with Gasteiger partial charge >= 0.3 is 6.61 Å². The number of rotatable bonds is 10. The van der Waals surface area contributed by atoms with Gasteiger partial charge in [0, 0.05) is 13.0 Å². The van der Waals surface area contributed by atoms with Crippen LogP contribution < -0.4 is 14.8 Å². The minimum atomic E-state index is -2.87. The molecule has 0 amide bonds. The molecule has 0 aliphatic rings. The summed E-state index contributed by atoms with van der Waals surface area (Å²) in [5.41, 5.74) is 0.931. The van der Waals surface area contributed by atoms with Crippen LogP contribution in [0.25, 0.3) is 0 Å². The molecule has 0 radical (unpaired) electrons. The number of halogens is 2. The summed E-state index contributed by atoms with van der Waals surface area (Å²) in [5.74, 6) is 0.367. The molecule has 4 nitrogen and oxygen atoms in total. The summed E-state index contributed by atoms with van der Waals surface area (Å²) in [6, 6.07) is 7.01. The Morgan fingerprint density at radius 3 is 2.76 bits per heavy atom. The molecule has 1 N–H and O–H groups in total. The largest absolute Gasteiger partial charge is 0.490 e. The third-order valence-corrected chi connectivity index (χ3v) is 2.75. The van der Waals surface area contributed by atoms with Gasteiger partial charge in [-0.05, 0) is 44.0 Å². The Bertz CT molecular complexity index is 461. The van der Waals surface area contributed by atoms with Gasteiger partial charge < -0.3 is 14.8 Å². The molecule has 0 bridgehead atoms. The van der Waals surface area contributed by atoms with E-state index in [2.05, 4.69) is 16.1 Å². The number of alkyl halides is 2. The number of ether oxygens (including phenoxy) is 2. The molecule has 6 heteroatoms. The monoisotopic (exact) mass is 298 g/mol. The first-order valence-corrected chi connectivity index (χ1v) is 6.95. The van der Waals surface area contributed by atoms with Crippen molar-refractivity contribution in [2.24, 2.45) is 0 Å². The molecule has 0 aliphatic carbocycles. The van der Waals surface area contributed by atoms with Crippen LogP contribution in [0.4, 0.5) is 8.78 Å². The minimum absolute atomic E-state index is 0.0459. The van der Waals surface area contributed by atoms with Gasteiger partial charge in [-0.25, -0.2) is 0 Å². The van der Waals surface area contributed by atoms with Gasteiger partial charge in [0.2, 0.25) is 0 Å². The predicted molar refractivity (Wildman–Crippen MR) is 75.4 cm³/mol. The molecule has 0 heterocycles. The first-order valence-electron chi connectivity index (χ1n) is 6.95. The molecule has 0 unspecified atom stereocenters. The van der Waals surface area contributed by atoms with Crippen molar-refractivity contribution in [2.45, 2.75) is 39.3 Å². The zero-order valence-electron chi connectivity index (χ0n) is 12.1. The fraction of sp³-hybridized carbons (Fsp3) is 0.533. The fourth-order valence-corrected chi connectivity index (χ4v) is 1.81. The van der Waals surface area contributed by atoms with Crippen molar-refractivity contribution in [3.63, 3.8) is 0 Å². The summed E-state index contributed by atoms with van der Waals surface area (Å²) in [7, 11) is 0. The lowest BCUT2D eigenvalue weighted by Gasteiger charge is -2.13. The van der Waals surface area contributed by atoms with E-state index in [0.29, 0.717) is 25.3 Å². The summed E-state index contributed by atoms with van der Waals surface area (Å²) < 4.78 is 34.3. The average molecular weight is 298 g/mol. The van der Waals surface area contributed by atoms with Crippen LogP contribution in [0.2, 0.25) is 0 Å². The first-order chi connectivity index (χ1) is 10.2. The van der Waals surface area contributed by atoms with Crippen LogP contribution in [0, 0.1) is 11.3 Å². The van der Waals surface area contributed by atoms with Crippen molar-refractivity contribution >= 4 is 0 Å². The SMILES string of the molecule is CCOc1cc(CNCCCCC#N)ccc1OC(F)F. The van der Waals surface area contributed by atoms with E-state index >= 15 is 0 Å². The van der Waals surface area contributed by atoms with Crippen molar-refractivity contribution in [1.29, 1.82) is 5.26 Å². The number of nitrogens with zero attached hydrogens (tertiary/aromatic N) is 1. The second-order valence-electron chi connectivity index (χ2n) is 4.38. The summed E-state index contributed by atoms with van der Waals surface area (Å²) in [5, 5.41) is 11.7. The lowest BCUT2D eigenvalue weighted by atomic mass is 10.2. The molecule has 1 aromatic rings. The Kier molecular flexibility index (Phi) is 8.14. The van der Waals surface area contributed by atoms with Crippen LogP contribution in [-0.4, -0.2) is 19.8 Å². The lowest BCUT2D eigenvalue weighted by molar-refractivity contribution is -0.0514. The number of nitrogens with one attached hydrogen (secondary N) is 1. The van der Waals surface area contributed by atoms with Crippen LogP contribution >= 0.6 is 0 Å².